The van der Waals surface area contributed by atoms with Gasteiger partial charge in [0, 0.05) is 13.0 Å². The number of halogens is 1. The van der Waals surface area contributed by atoms with Crippen LogP contribution in [0.1, 0.15) is 38.5 Å². The third-order valence-corrected chi connectivity index (χ3v) is 6.67. The summed E-state index contributed by atoms with van der Waals surface area (Å²) < 4.78 is 45.7. The Bertz CT molecular complexity index is 767. The van der Waals surface area contributed by atoms with Gasteiger partial charge >= 0.3 is 0 Å². The number of aliphatic hydroxyl groups excluding tert-OH is 1. The number of rotatable bonds is 9. The zero-order chi connectivity index (χ0) is 20.1. The molecule has 1 aromatic rings. The Morgan fingerprint density at radius 1 is 1.18 bits per heavy atom. The van der Waals surface area contributed by atoms with Crippen molar-refractivity contribution in [3.05, 3.63) is 30.1 Å². The van der Waals surface area contributed by atoms with Crippen LogP contribution < -0.4 is 10.0 Å². The average molecular weight is 414 g/mol. The minimum atomic E-state index is -3.71. The van der Waals surface area contributed by atoms with Crippen LogP contribution in [0.25, 0.3) is 0 Å². The molecule has 0 radical (unpaired) electrons. The number of benzene rings is 1. The summed E-state index contributed by atoms with van der Waals surface area (Å²) in [4.78, 5) is 12.0. The van der Waals surface area contributed by atoms with Crippen LogP contribution in [0.4, 0.5) is 4.39 Å². The number of hydrogen-bond donors (Lipinski definition) is 3. The van der Waals surface area contributed by atoms with E-state index in [1.807, 2.05) is 0 Å². The summed E-state index contributed by atoms with van der Waals surface area (Å²) in [5.74, 6) is 0.00222. The monoisotopic (exact) mass is 414 g/mol. The lowest BCUT2D eigenvalue weighted by Gasteiger charge is -2.36. The predicted molar refractivity (Wildman–Crippen MR) is 100 cm³/mol. The molecule has 3 N–H and O–H groups in total. The van der Waals surface area contributed by atoms with Gasteiger partial charge in [-0.05, 0) is 62.3 Å². The molecule has 2 aliphatic rings. The van der Waals surface area contributed by atoms with Crippen LogP contribution in [-0.2, 0) is 19.6 Å². The van der Waals surface area contributed by atoms with Crippen molar-refractivity contribution in [2.24, 2.45) is 5.92 Å². The number of sulfonamides is 1. The molecular formula is C19H27FN2O5S. The number of hydrogen-bond acceptors (Lipinski definition) is 5. The summed E-state index contributed by atoms with van der Waals surface area (Å²) in [6, 6.07) is 4.41. The van der Waals surface area contributed by atoms with Crippen molar-refractivity contribution >= 4 is 15.9 Å². The highest BCUT2D eigenvalue weighted by molar-refractivity contribution is 7.89. The van der Waals surface area contributed by atoms with E-state index >= 15 is 0 Å². The second-order valence-corrected chi connectivity index (χ2v) is 9.29. The fraction of sp³-hybridized carbons (Fsp3) is 0.632. The van der Waals surface area contributed by atoms with E-state index in [1.165, 1.54) is 12.1 Å². The van der Waals surface area contributed by atoms with Crippen LogP contribution in [0.15, 0.2) is 29.2 Å². The van der Waals surface area contributed by atoms with Crippen LogP contribution in [0, 0.1) is 11.7 Å². The van der Waals surface area contributed by atoms with E-state index in [9.17, 15) is 22.7 Å². The third-order valence-electron chi connectivity index (χ3n) is 5.20. The van der Waals surface area contributed by atoms with E-state index in [0.29, 0.717) is 31.6 Å². The number of aliphatic hydroxyl groups is 1. The third kappa shape index (κ3) is 5.97. The largest absolute Gasteiger partial charge is 0.394 e. The molecule has 0 aromatic heterocycles. The Labute approximate surface area is 164 Å². The lowest BCUT2D eigenvalue weighted by molar-refractivity contribution is -0.128. The Morgan fingerprint density at radius 3 is 2.54 bits per heavy atom. The van der Waals surface area contributed by atoms with Crippen molar-refractivity contribution in [2.45, 2.75) is 61.7 Å². The van der Waals surface area contributed by atoms with Gasteiger partial charge in [-0.15, -0.1) is 0 Å². The summed E-state index contributed by atoms with van der Waals surface area (Å²) in [7, 11) is -3.71. The first-order valence-corrected chi connectivity index (χ1v) is 11.2. The smallest absolute Gasteiger partial charge is 0.240 e. The number of amides is 1. The Morgan fingerprint density at radius 2 is 1.89 bits per heavy atom. The van der Waals surface area contributed by atoms with Gasteiger partial charge in [0.2, 0.25) is 15.9 Å². The normalized spacial score (nSPS) is 25.4. The van der Waals surface area contributed by atoms with Crippen molar-refractivity contribution < 1.29 is 27.4 Å². The molecule has 1 heterocycles. The van der Waals surface area contributed by atoms with E-state index in [-0.39, 0.29) is 36.1 Å². The molecule has 0 spiro atoms. The summed E-state index contributed by atoms with van der Waals surface area (Å²) in [6.45, 7) is -0.0343. The van der Waals surface area contributed by atoms with Crippen LogP contribution in [0.2, 0.25) is 0 Å². The Kier molecular flexibility index (Phi) is 7.03. The van der Waals surface area contributed by atoms with Crippen molar-refractivity contribution in [3.8, 4) is 0 Å². The lowest BCUT2D eigenvalue weighted by atomic mass is 9.97. The second kappa shape index (κ2) is 9.30. The molecule has 3 rings (SSSR count). The van der Waals surface area contributed by atoms with E-state index in [0.717, 1.165) is 25.0 Å². The highest BCUT2D eigenvalue weighted by atomic mass is 32.2. The quantitative estimate of drug-likeness (QED) is 0.565. The van der Waals surface area contributed by atoms with Gasteiger partial charge in [-0.1, -0.05) is 0 Å². The summed E-state index contributed by atoms with van der Waals surface area (Å²) in [6.07, 6.45) is 3.84. The molecule has 9 heteroatoms. The Hall–Kier alpha value is -1.55. The van der Waals surface area contributed by atoms with Gasteiger partial charge in [-0.2, -0.15) is 0 Å². The molecule has 28 heavy (non-hydrogen) atoms. The fourth-order valence-electron chi connectivity index (χ4n) is 3.41. The fourth-order valence-corrected chi connectivity index (χ4v) is 4.46. The number of carbonyl (C=O) groups is 1. The van der Waals surface area contributed by atoms with Gasteiger partial charge in [0.1, 0.15) is 11.9 Å². The maximum atomic E-state index is 12.9. The lowest BCUT2D eigenvalue weighted by Crippen LogP contribution is -2.51. The van der Waals surface area contributed by atoms with Crippen LogP contribution in [0.5, 0.6) is 0 Å². The van der Waals surface area contributed by atoms with Crippen LogP contribution >= 0.6 is 0 Å². The van der Waals surface area contributed by atoms with Gasteiger partial charge in [-0.25, -0.2) is 17.5 Å². The summed E-state index contributed by atoms with van der Waals surface area (Å²) >= 11 is 0. The zero-order valence-electron chi connectivity index (χ0n) is 15.6. The van der Waals surface area contributed by atoms with Gasteiger partial charge in [-0.3, -0.25) is 4.79 Å². The highest BCUT2D eigenvalue weighted by Gasteiger charge is 2.33. The molecule has 1 saturated heterocycles. The van der Waals surface area contributed by atoms with E-state index < -0.39 is 21.9 Å². The van der Waals surface area contributed by atoms with Crippen molar-refractivity contribution in [1.29, 1.82) is 0 Å². The molecule has 7 nitrogen and oxygen atoms in total. The predicted octanol–water partition coefficient (Wildman–Crippen LogP) is 1.32. The molecule has 1 saturated carbocycles. The molecular weight excluding hydrogens is 387 g/mol. The first kappa shape index (κ1) is 21.2. The molecule has 1 aliphatic heterocycles. The second-order valence-electron chi connectivity index (χ2n) is 7.52. The standard InChI is InChI=1S/C19H27FN2O5S/c20-14-3-6-16(7-4-14)28(25,26)21-10-9-15-5-8-17(18(12-23)27-15)22-19(24)11-13-1-2-13/h3-4,6-7,13,15,17-18,21,23H,1-2,5,8-12H2,(H,22,24)/t15-,17+,18+/m1/s1. The average Bonchev–Trinajstić information content (AvgIpc) is 3.47. The SMILES string of the molecule is O=C(CC1CC1)N[C@H]1CC[C@H](CCNS(=O)(=O)c2ccc(F)cc2)O[C@H]1CO. The van der Waals surface area contributed by atoms with Crippen LogP contribution in [-0.4, -0.2) is 50.8 Å². The number of ether oxygens (including phenoxy) is 1. The molecule has 0 unspecified atom stereocenters. The minimum Gasteiger partial charge on any atom is -0.394 e. The molecule has 3 atom stereocenters. The molecule has 2 fully saturated rings. The molecule has 1 aromatic carbocycles. The van der Waals surface area contributed by atoms with Gasteiger partial charge < -0.3 is 15.2 Å². The van der Waals surface area contributed by atoms with Crippen LogP contribution in [0.3, 0.4) is 0 Å². The molecule has 156 valence electrons. The van der Waals surface area contributed by atoms with E-state index in [1.54, 1.807) is 0 Å². The number of nitrogens with one attached hydrogen (secondary N) is 2. The first-order chi connectivity index (χ1) is 13.4. The van der Waals surface area contributed by atoms with Crippen molar-refractivity contribution in [2.75, 3.05) is 13.2 Å². The summed E-state index contributed by atoms with van der Waals surface area (Å²) in [5, 5.41) is 12.5. The maximum Gasteiger partial charge on any atom is 0.240 e. The van der Waals surface area contributed by atoms with Gasteiger partial charge in [0.15, 0.2) is 0 Å². The van der Waals surface area contributed by atoms with E-state index in [4.69, 9.17) is 4.74 Å². The Balaban J connectivity index is 1.44. The molecule has 1 aliphatic carbocycles. The zero-order valence-corrected chi connectivity index (χ0v) is 16.5. The highest BCUT2D eigenvalue weighted by Crippen LogP contribution is 2.32. The molecule has 0 bridgehead atoms. The summed E-state index contributed by atoms with van der Waals surface area (Å²) in [5.41, 5.74) is 0. The van der Waals surface area contributed by atoms with Crippen molar-refractivity contribution in [1.82, 2.24) is 10.0 Å². The topological polar surface area (TPSA) is 105 Å². The molecule has 1 amide bonds. The maximum absolute atomic E-state index is 12.9. The van der Waals surface area contributed by atoms with Crippen molar-refractivity contribution in [3.63, 3.8) is 0 Å². The van der Waals surface area contributed by atoms with E-state index in [2.05, 4.69) is 10.0 Å². The number of carbonyl (C=O) groups excluding carboxylic acids is 1. The first-order valence-electron chi connectivity index (χ1n) is 9.68. The van der Waals surface area contributed by atoms with Gasteiger partial charge in [0.25, 0.3) is 0 Å². The van der Waals surface area contributed by atoms with Gasteiger partial charge in [0.05, 0.1) is 23.6 Å². The minimum absolute atomic E-state index is 0.0000536.